The minimum absolute atomic E-state index is 0.313. The molecule has 2 rings (SSSR count). The lowest BCUT2D eigenvalue weighted by Gasteiger charge is -2.13. The number of para-hydroxylation sites is 1. The molecule has 1 heterocycles. The molecule has 0 aliphatic carbocycles. The van der Waals surface area contributed by atoms with E-state index >= 15 is 0 Å². The van der Waals surface area contributed by atoms with Crippen molar-refractivity contribution in [3.05, 3.63) is 47.9 Å². The highest BCUT2D eigenvalue weighted by atomic mass is 16.5. The molecule has 0 bridgehead atoms. The van der Waals surface area contributed by atoms with Crippen molar-refractivity contribution in [3.63, 3.8) is 0 Å². The first-order valence-corrected chi connectivity index (χ1v) is 5.60. The molecule has 1 aromatic carbocycles. The Bertz CT molecular complexity index is 453. The molecule has 0 aliphatic rings. The van der Waals surface area contributed by atoms with Crippen molar-refractivity contribution >= 4 is 0 Å². The standard InChI is InChI=1S/C13H15NO3/c1-2-12(15)11-5-3-4-6-13(11)16-9-10-7-8-14-17-10/h3-8,12,15H,2,9H2,1H3/t12-/m1/s1. The van der Waals surface area contributed by atoms with Crippen LogP contribution in [0, 0.1) is 0 Å². The van der Waals surface area contributed by atoms with Crippen LogP contribution in [-0.4, -0.2) is 10.3 Å². The predicted molar refractivity (Wildman–Crippen MR) is 62.5 cm³/mol. The van der Waals surface area contributed by atoms with Crippen molar-refractivity contribution in [2.45, 2.75) is 26.1 Å². The zero-order valence-electron chi connectivity index (χ0n) is 9.67. The summed E-state index contributed by atoms with van der Waals surface area (Å²) in [5, 5.41) is 13.5. The molecule has 0 fully saturated rings. The van der Waals surface area contributed by atoms with Crippen LogP contribution in [0.5, 0.6) is 5.75 Å². The third-order valence-corrected chi connectivity index (χ3v) is 2.53. The van der Waals surface area contributed by atoms with E-state index in [2.05, 4.69) is 5.16 Å². The fourth-order valence-corrected chi connectivity index (χ4v) is 1.57. The number of aromatic nitrogens is 1. The Morgan fingerprint density at radius 1 is 1.35 bits per heavy atom. The Kier molecular flexibility index (Phi) is 3.77. The number of nitrogens with zero attached hydrogens (tertiary/aromatic N) is 1. The quantitative estimate of drug-likeness (QED) is 0.862. The second-order valence-electron chi connectivity index (χ2n) is 3.73. The first-order chi connectivity index (χ1) is 8.31. The van der Waals surface area contributed by atoms with Gasteiger partial charge in [0.25, 0.3) is 0 Å². The zero-order valence-corrected chi connectivity index (χ0v) is 9.67. The molecule has 1 N–H and O–H groups in total. The van der Waals surface area contributed by atoms with Gasteiger partial charge in [-0.05, 0) is 12.5 Å². The number of aliphatic hydroxyl groups is 1. The number of ether oxygens (including phenoxy) is 1. The van der Waals surface area contributed by atoms with E-state index in [9.17, 15) is 5.11 Å². The molecule has 0 saturated carbocycles. The molecule has 4 heteroatoms. The second-order valence-corrected chi connectivity index (χ2v) is 3.73. The molecule has 0 radical (unpaired) electrons. The van der Waals surface area contributed by atoms with E-state index in [1.165, 1.54) is 0 Å². The van der Waals surface area contributed by atoms with E-state index in [4.69, 9.17) is 9.26 Å². The van der Waals surface area contributed by atoms with Gasteiger partial charge in [-0.15, -0.1) is 0 Å². The predicted octanol–water partition coefficient (Wildman–Crippen LogP) is 2.70. The molecule has 0 saturated heterocycles. The lowest BCUT2D eigenvalue weighted by molar-refractivity contribution is 0.164. The third kappa shape index (κ3) is 2.85. The lowest BCUT2D eigenvalue weighted by atomic mass is 10.1. The summed E-state index contributed by atoms with van der Waals surface area (Å²) < 4.78 is 10.6. The third-order valence-electron chi connectivity index (χ3n) is 2.53. The van der Waals surface area contributed by atoms with Crippen LogP contribution in [0.2, 0.25) is 0 Å². The Hall–Kier alpha value is -1.81. The van der Waals surface area contributed by atoms with Crippen molar-refractivity contribution in [3.8, 4) is 5.75 Å². The average Bonchev–Trinajstić information content (AvgIpc) is 2.89. The zero-order chi connectivity index (χ0) is 12.1. The monoisotopic (exact) mass is 233 g/mol. The van der Waals surface area contributed by atoms with Crippen LogP contribution < -0.4 is 4.74 Å². The average molecular weight is 233 g/mol. The highest BCUT2D eigenvalue weighted by Gasteiger charge is 2.11. The molecular formula is C13H15NO3. The molecule has 4 nitrogen and oxygen atoms in total. The van der Waals surface area contributed by atoms with Gasteiger partial charge in [0.1, 0.15) is 12.4 Å². The van der Waals surface area contributed by atoms with Gasteiger partial charge < -0.3 is 14.4 Å². The lowest BCUT2D eigenvalue weighted by Crippen LogP contribution is -2.01. The highest BCUT2D eigenvalue weighted by Crippen LogP contribution is 2.27. The molecule has 0 amide bonds. The van der Waals surface area contributed by atoms with Crippen molar-refractivity contribution in [1.29, 1.82) is 0 Å². The van der Waals surface area contributed by atoms with E-state index in [0.717, 1.165) is 5.56 Å². The van der Waals surface area contributed by atoms with Crippen LogP contribution in [0.15, 0.2) is 41.1 Å². The molecule has 1 atom stereocenters. The summed E-state index contributed by atoms with van der Waals surface area (Å²) in [6, 6.07) is 9.21. The maximum atomic E-state index is 9.85. The van der Waals surface area contributed by atoms with E-state index in [1.807, 2.05) is 31.2 Å². The number of hydrogen-bond donors (Lipinski definition) is 1. The van der Waals surface area contributed by atoms with Crippen LogP contribution in [0.1, 0.15) is 30.8 Å². The van der Waals surface area contributed by atoms with Gasteiger partial charge in [-0.3, -0.25) is 0 Å². The summed E-state index contributed by atoms with van der Waals surface area (Å²) in [4.78, 5) is 0. The van der Waals surface area contributed by atoms with E-state index < -0.39 is 6.10 Å². The summed E-state index contributed by atoms with van der Waals surface area (Å²) in [7, 11) is 0. The largest absolute Gasteiger partial charge is 0.485 e. The Morgan fingerprint density at radius 3 is 2.88 bits per heavy atom. The molecule has 17 heavy (non-hydrogen) atoms. The van der Waals surface area contributed by atoms with Crippen LogP contribution in [0.25, 0.3) is 0 Å². The van der Waals surface area contributed by atoms with Crippen LogP contribution in [0.3, 0.4) is 0 Å². The number of benzene rings is 1. The summed E-state index contributed by atoms with van der Waals surface area (Å²) in [5.41, 5.74) is 0.800. The number of hydrogen-bond acceptors (Lipinski definition) is 4. The van der Waals surface area contributed by atoms with Gasteiger partial charge in [0, 0.05) is 11.6 Å². The van der Waals surface area contributed by atoms with Gasteiger partial charge in [-0.25, -0.2) is 0 Å². The van der Waals surface area contributed by atoms with Crippen LogP contribution in [-0.2, 0) is 6.61 Å². The van der Waals surface area contributed by atoms with Crippen LogP contribution >= 0.6 is 0 Å². The summed E-state index contributed by atoms with van der Waals surface area (Å²) in [5.74, 6) is 1.34. The molecule has 0 unspecified atom stereocenters. The first kappa shape index (κ1) is 11.7. The molecule has 2 aromatic rings. The SMILES string of the molecule is CC[C@@H](O)c1ccccc1OCc1ccno1. The maximum absolute atomic E-state index is 9.85. The van der Waals surface area contributed by atoms with Gasteiger partial charge in [-0.1, -0.05) is 30.3 Å². The normalized spacial score (nSPS) is 12.4. The van der Waals surface area contributed by atoms with Gasteiger partial charge in [-0.2, -0.15) is 0 Å². The minimum Gasteiger partial charge on any atom is -0.485 e. The second kappa shape index (κ2) is 5.50. The van der Waals surface area contributed by atoms with Gasteiger partial charge >= 0.3 is 0 Å². The molecule has 0 spiro atoms. The van der Waals surface area contributed by atoms with Gasteiger partial charge in [0.2, 0.25) is 0 Å². The number of rotatable bonds is 5. The van der Waals surface area contributed by atoms with Crippen molar-refractivity contribution in [1.82, 2.24) is 5.16 Å². The fourth-order valence-electron chi connectivity index (χ4n) is 1.57. The van der Waals surface area contributed by atoms with Gasteiger partial charge in [0.05, 0.1) is 12.3 Å². The topological polar surface area (TPSA) is 55.5 Å². The molecule has 90 valence electrons. The van der Waals surface area contributed by atoms with Crippen LogP contribution in [0.4, 0.5) is 0 Å². The number of aliphatic hydroxyl groups excluding tert-OH is 1. The Balaban J connectivity index is 2.09. The summed E-state index contributed by atoms with van der Waals surface area (Å²) in [6.07, 6.45) is 1.73. The minimum atomic E-state index is -0.499. The molecule has 0 aliphatic heterocycles. The Labute approximate surface area is 99.8 Å². The molecular weight excluding hydrogens is 218 g/mol. The van der Waals surface area contributed by atoms with Gasteiger partial charge in [0.15, 0.2) is 5.76 Å². The van der Waals surface area contributed by atoms with Crippen molar-refractivity contribution in [2.24, 2.45) is 0 Å². The van der Waals surface area contributed by atoms with Crippen molar-refractivity contribution in [2.75, 3.05) is 0 Å². The van der Waals surface area contributed by atoms with E-state index in [-0.39, 0.29) is 0 Å². The summed E-state index contributed by atoms with van der Waals surface area (Å²) >= 11 is 0. The molecule has 1 aromatic heterocycles. The maximum Gasteiger partial charge on any atom is 0.174 e. The fraction of sp³-hybridized carbons (Fsp3) is 0.308. The first-order valence-electron chi connectivity index (χ1n) is 5.60. The van der Waals surface area contributed by atoms with Crippen molar-refractivity contribution < 1.29 is 14.4 Å². The highest BCUT2D eigenvalue weighted by molar-refractivity contribution is 5.35. The summed E-state index contributed by atoms with van der Waals surface area (Å²) in [6.45, 7) is 2.24. The van der Waals surface area contributed by atoms with E-state index in [0.29, 0.717) is 24.5 Å². The van der Waals surface area contributed by atoms with E-state index in [1.54, 1.807) is 12.3 Å². The Morgan fingerprint density at radius 2 is 2.18 bits per heavy atom. The smallest absolute Gasteiger partial charge is 0.174 e.